The molecule has 3 rings (SSSR count). The van der Waals surface area contributed by atoms with Crippen molar-refractivity contribution in [3.63, 3.8) is 0 Å². The molecule has 3 nitrogen and oxygen atoms in total. The first-order valence-corrected chi connectivity index (χ1v) is 5.72. The van der Waals surface area contributed by atoms with Gasteiger partial charge in [0.2, 0.25) is 0 Å². The van der Waals surface area contributed by atoms with Crippen LogP contribution >= 0.6 is 0 Å². The molecule has 2 aromatic rings. The van der Waals surface area contributed by atoms with E-state index in [2.05, 4.69) is 5.10 Å². The predicted octanol–water partition coefficient (Wildman–Crippen LogP) is 2.48. The van der Waals surface area contributed by atoms with Crippen molar-refractivity contribution in [3.05, 3.63) is 53.9 Å². The Hall–Kier alpha value is -1.75. The number of aromatic nitrogens is 2. The minimum Gasteiger partial charge on any atom is -0.359 e. The molecule has 0 amide bonds. The van der Waals surface area contributed by atoms with E-state index in [0.29, 0.717) is 12.1 Å². The smallest absolute Gasteiger partial charge is 0.142 e. The van der Waals surface area contributed by atoms with Gasteiger partial charge in [0.15, 0.2) is 0 Å². The molecule has 1 saturated heterocycles. The summed E-state index contributed by atoms with van der Waals surface area (Å²) in [5.41, 5.74) is -0.351. The van der Waals surface area contributed by atoms with E-state index in [4.69, 9.17) is 4.74 Å². The second-order valence-electron chi connectivity index (χ2n) is 4.48. The monoisotopic (exact) mass is 250 g/mol. The SMILES string of the molecule is C[C@@H]1O[C@@]1(Cn1cccn1)c1ccc(F)cc1F. The zero-order valence-electron chi connectivity index (χ0n) is 9.81. The lowest BCUT2D eigenvalue weighted by Gasteiger charge is -2.14. The van der Waals surface area contributed by atoms with Crippen LogP contribution in [-0.2, 0) is 16.9 Å². The van der Waals surface area contributed by atoms with Gasteiger partial charge < -0.3 is 4.74 Å². The zero-order valence-corrected chi connectivity index (χ0v) is 9.81. The normalized spacial score (nSPS) is 26.3. The van der Waals surface area contributed by atoms with Crippen LogP contribution in [0.15, 0.2) is 36.7 Å². The van der Waals surface area contributed by atoms with Crippen molar-refractivity contribution < 1.29 is 13.5 Å². The van der Waals surface area contributed by atoms with Crippen LogP contribution in [0.5, 0.6) is 0 Å². The average molecular weight is 250 g/mol. The van der Waals surface area contributed by atoms with Crippen molar-refractivity contribution in [2.24, 2.45) is 0 Å². The minimum atomic E-state index is -0.732. The first-order valence-electron chi connectivity index (χ1n) is 5.72. The molecule has 1 aliphatic rings. The fourth-order valence-corrected chi connectivity index (χ4v) is 2.28. The summed E-state index contributed by atoms with van der Waals surface area (Å²) in [5, 5.41) is 4.09. The molecule has 1 aromatic heterocycles. The second kappa shape index (κ2) is 3.88. The molecule has 1 aliphatic heterocycles. The van der Waals surface area contributed by atoms with Crippen molar-refractivity contribution in [1.29, 1.82) is 0 Å². The fourth-order valence-electron chi connectivity index (χ4n) is 2.28. The zero-order chi connectivity index (χ0) is 12.8. The van der Waals surface area contributed by atoms with Crippen LogP contribution in [0.25, 0.3) is 0 Å². The van der Waals surface area contributed by atoms with Crippen molar-refractivity contribution in [1.82, 2.24) is 9.78 Å². The van der Waals surface area contributed by atoms with Crippen molar-refractivity contribution in [3.8, 4) is 0 Å². The van der Waals surface area contributed by atoms with Crippen LogP contribution in [0.2, 0.25) is 0 Å². The Labute approximate surface area is 103 Å². The minimum absolute atomic E-state index is 0.110. The van der Waals surface area contributed by atoms with E-state index in [-0.39, 0.29) is 6.10 Å². The summed E-state index contributed by atoms with van der Waals surface area (Å²) in [4.78, 5) is 0. The second-order valence-corrected chi connectivity index (χ2v) is 4.48. The molecule has 0 saturated carbocycles. The van der Waals surface area contributed by atoms with Crippen LogP contribution in [0, 0.1) is 11.6 Å². The molecule has 0 spiro atoms. The molecule has 0 radical (unpaired) electrons. The van der Waals surface area contributed by atoms with Crippen molar-refractivity contribution >= 4 is 0 Å². The molecular formula is C13H12F2N2O. The number of benzene rings is 1. The maximum atomic E-state index is 13.8. The predicted molar refractivity (Wildman–Crippen MR) is 60.8 cm³/mol. The van der Waals surface area contributed by atoms with Crippen LogP contribution in [-0.4, -0.2) is 15.9 Å². The number of hydrogen-bond acceptors (Lipinski definition) is 2. The van der Waals surface area contributed by atoms with Gasteiger partial charge in [0.1, 0.15) is 17.2 Å². The van der Waals surface area contributed by atoms with E-state index >= 15 is 0 Å². The van der Waals surface area contributed by atoms with E-state index in [1.54, 1.807) is 23.1 Å². The van der Waals surface area contributed by atoms with Crippen LogP contribution in [0.3, 0.4) is 0 Å². The fraction of sp³-hybridized carbons (Fsp3) is 0.308. The first kappa shape index (κ1) is 11.3. The van der Waals surface area contributed by atoms with Gasteiger partial charge in [-0.05, 0) is 19.1 Å². The van der Waals surface area contributed by atoms with Gasteiger partial charge in [-0.1, -0.05) is 6.07 Å². The Kier molecular flexibility index (Phi) is 2.45. The summed E-state index contributed by atoms with van der Waals surface area (Å²) in [6.07, 6.45) is 3.33. The summed E-state index contributed by atoms with van der Waals surface area (Å²) in [6, 6.07) is 5.37. The largest absolute Gasteiger partial charge is 0.359 e. The van der Waals surface area contributed by atoms with E-state index in [0.717, 1.165) is 6.07 Å². The quantitative estimate of drug-likeness (QED) is 0.783. The Morgan fingerprint density at radius 3 is 2.78 bits per heavy atom. The summed E-state index contributed by atoms with van der Waals surface area (Å²) < 4.78 is 34.0. The molecule has 5 heteroatoms. The van der Waals surface area contributed by atoms with Crippen LogP contribution < -0.4 is 0 Å². The summed E-state index contributed by atoms with van der Waals surface area (Å²) in [5.74, 6) is -1.16. The van der Waals surface area contributed by atoms with Gasteiger partial charge in [-0.25, -0.2) is 8.78 Å². The third-order valence-electron chi connectivity index (χ3n) is 3.33. The number of hydrogen-bond donors (Lipinski definition) is 0. The van der Waals surface area contributed by atoms with Gasteiger partial charge in [-0.3, -0.25) is 4.68 Å². The maximum absolute atomic E-state index is 13.8. The van der Waals surface area contributed by atoms with Gasteiger partial charge in [0.05, 0.1) is 12.6 Å². The molecule has 2 atom stereocenters. The lowest BCUT2D eigenvalue weighted by molar-refractivity contribution is 0.257. The number of rotatable bonds is 3. The first-order chi connectivity index (χ1) is 8.62. The Bertz CT molecular complexity index is 570. The highest BCUT2D eigenvalue weighted by Crippen LogP contribution is 2.48. The number of halogens is 2. The summed E-state index contributed by atoms with van der Waals surface area (Å²) in [6.45, 7) is 2.29. The number of epoxide rings is 1. The highest BCUT2D eigenvalue weighted by atomic mass is 19.1. The Morgan fingerprint density at radius 2 is 2.22 bits per heavy atom. The molecule has 94 valence electrons. The highest BCUT2D eigenvalue weighted by Gasteiger charge is 2.56. The molecule has 0 aliphatic carbocycles. The van der Waals surface area contributed by atoms with Crippen molar-refractivity contribution in [2.45, 2.75) is 25.2 Å². The summed E-state index contributed by atoms with van der Waals surface area (Å²) in [7, 11) is 0. The number of nitrogens with zero attached hydrogens (tertiary/aromatic N) is 2. The lowest BCUT2D eigenvalue weighted by atomic mass is 9.95. The Morgan fingerprint density at radius 1 is 1.44 bits per heavy atom. The molecule has 0 N–H and O–H groups in total. The van der Waals surface area contributed by atoms with Crippen LogP contribution in [0.1, 0.15) is 12.5 Å². The van der Waals surface area contributed by atoms with E-state index in [1.807, 2.05) is 6.92 Å². The van der Waals surface area contributed by atoms with Gasteiger partial charge in [0.25, 0.3) is 0 Å². The third kappa shape index (κ3) is 1.71. The topological polar surface area (TPSA) is 30.4 Å². The average Bonchev–Trinajstić information content (AvgIpc) is 2.75. The van der Waals surface area contributed by atoms with Gasteiger partial charge >= 0.3 is 0 Å². The molecule has 18 heavy (non-hydrogen) atoms. The number of ether oxygens (including phenoxy) is 1. The molecular weight excluding hydrogens is 238 g/mol. The van der Waals surface area contributed by atoms with Crippen LogP contribution in [0.4, 0.5) is 8.78 Å². The van der Waals surface area contributed by atoms with E-state index < -0.39 is 17.2 Å². The van der Waals surface area contributed by atoms with Gasteiger partial charge in [-0.2, -0.15) is 5.10 Å². The highest BCUT2D eigenvalue weighted by molar-refractivity contribution is 5.30. The van der Waals surface area contributed by atoms with E-state index in [1.165, 1.54) is 12.1 Å². The Balaban J connectivity index is 1.97. The summed E-state index contributed by atoms with van der Waals surface area (Å²) >= 11 is 0. The standard InChI is InChI=1S/C13H12F2N2O/c1-9-13(18-9,8-17-6-2-5-16-17)11-4-3-10(14)7-12(11)15/h2-7,9H,8H2,1H3/t9-,13+/m0/s1. The molecule has 1 aromatic carbocycles. The van der Waals surface area contributed by atoms with Gasteiger partial charge in [-0.15, -0.1) is 0 Å². The van der Waals surface area contributed by atoms with Crippen molar-refractivity contribution in [2.75, 3.05) is 0 Å². The molecule has 0 bridgehead atoms. The van der Waals surface area contributed by atoms with Gasteiger partial charge in [0, 0.05) is 24.0 Å². The third-order valence-corrected chi connectivity index (χ3v) is 3.33. The maximum Gasteiger partial charge on any atom is 0.142 e. The lowest BCUT2D eigenvalue weighted by Crippen LogP contribution is -2.22. The molecule has 1 fully saturated rings. The molecule has 2 heterocycles. The molecule has 0 unspecified atom stereocenters. The van der Waals surface area contributed by atoms with E-state index in [9.17, 15) is 8.78 Å².